The quantitative estimate of drug-likeness (QED) is 0.819. The second kappa shape index (κ2) is 7.04. The van der Waals surface area contributed by atoms with Crippen LogP contribution < -0.4 is 10.6 Å². The zero-order valence-corrected chi connectivity index (χ0v) is 12.4. The first-order valence-corrected chi connectivity index (χ1v) is 7.41. The lowest BCUT2D eigenvalue weighted by molar-refractivity contribution is 0.0938. The highest BCUT2D eigenvalue weighted by Gasteiger charge is 2.15. The maximum atomic E-state index is 12.0. The van der Waals surface area contributed by atoms with Crippen LogP contribution in [0.3, 0.4) is 0 Å². The summed E-state index contributed by atoms with van der Waals surface area (Å²) in [7, 11) is 0. The minimum Gasteiger partial charge on any atom is -0.469 e. The Kier molecular flexibility index (Phi) is 5.11. The second-order valence-corrected chi connectivity index (χ2v) is 5.47. The van der Waals surface area contributed by atoms with E-state index in [1.807, 2.05) is 19.1 Å². The van der Waals surface area contributed by atoms with Crippen LogP contribution in [0.1, 0.15) is 35.8 Å². The number of anilines is 1. The number of rotatable bonds is 7. The van der Waals surface area contributed by atoms with Crippen molar-refractivity contribution >= 4 is 22.4 Å². The van der Waals surface area contributed by atoms with E-state index in [9.17, 15) is 4.79 Å². The van der Waals surface area contributed by atoms with E-state index in [0.717, 1.165) is 18.7 Å². The summed E-state index contributed by atoms with van der Waals surface area (Å²) >= 11 is 1.26. The minimum atomic E-state index is -0.203. The average Bonchev–Trinajstić information content (AvgIpc) is 3.07. The molecule has 2 aromatic heterocycles. The van der Waals surface area contributed by atoms with Gasteiger partial charge in [0.15, 0.2) is 0 Å². The smallest absolute Gasteiger partial charge is 0.282 e. The fraction of sp³-hybridized carbons (Fsp3) is 0.462. The zero-order chi connectivity index (χ0) is 14.4. The van der Waals surface area contributed by atoms with Crippen LogP contribution in [0.4, 0.5) is 5.13 Å². The van der Waals surface area contributed by atoms with Gasteiger partial charge >= 0.3 is 0 Å². The first kappa shape index (κ1) is 14.5. The molecular formula is C13H18N4O2S. The number of furan rings is 1. The predicted octanol–water partition coefficient (Wildman–Crippen LogP) is 2.31. The molecule has 0 aliphatic heterocycles. The Morgan fingerprint density at radius 3 is 3.05 bits per heavy atom. The van der Waals surface area contributed by atoms with Gasteiger partial charge < -0.3 is 15.1 Å². The lowest BCUT2D eigenvalue weighted by Crippen LogP contribution is -2.33. The number of carbonyl (C=O) groups excluding carboxylic acids is 1. The molecule has 0 saturated heterocycles. The first-order valence-electron chi connectivity index (χ1n) is 6.59. The molecule has 2 aromatic rings. The van der Waals surface area contributed by atoms with Crippen LogP contribution in [0.2, 0.25) is 0 Å². The highest BCUT2D eigenvalue weighted by atomic mass is 32.1. The zero-order valence-electron chi connectivity index (χ0n) is 11.5. The molecule has 0 fully saturated rings. The Morgan fingerprint density at radius 2 is 2.35 bits per heavy atom. The highest BCUT2D eigenvalue weighted by molar-refractivity contribution is 7.17. The van der Waals surface area contributed by atoms with Crippen molar-refractivity contribution in [3.05, 3.63) is 29.2 Å². The van der Waals surface area contributed by atoms with Crippen LogP contribution in [-0.4, -0.2) is 28.7 Å². The minimum absolute atomic E-state index is 0.0235. The maximum Gasteiger partial charge on any atom is 0.282 e. The molecule has 6 nitrogen and oxygen atoms in total. The molecule has 0 bridgehead atoms. The van der Waals surface area contributed by atoms with Crippen molar-refractivity contribution in [2.24, 2.45) is 0 Å². The van der Waals surface area contributed by atoms with E-state index in [-0.39, 0.29) is 11.9 Å². The van der Waals surface area contributed by atoms with Gasteiger partial charge in [-0.1, -0.05) is 18.3 Å². The summed E-state index contributed by atoms with van der Waals surface area (Å²) in [6.45, 7) is 4.82. The molecule has 0 aliphatic carbocycles. The number of aromatic nitrogens is 2. The first-order chi connectivity index (χ1) is 9.69. The summed E-state index contributed by atoms with van der Waals surface area (Å²) in [6, 6.07) is 3.70. The molecule has 2 N–H and O–H groups in total. The van der Waals surface area contributed by atoms with Crippen LogP contribution >= 0.6 is 11.3 Å². The molecule has 2 heterocycles. The van der Waals surface area contributed by atoms with Gasteiger partial charge in [-0.3, -0.25) is 4.79 Å². The van der Waals surface area contributed by atoms with E-state index in [1.165, 1.54) is 11.3 Å². The van der Waals surface area contributed by atoms with Gasteiger partial charge in [-0.05, 0) is 25.5 Å². The Morgan fingerprint density at radius 1 is 1.50 bits per heavy atom. The van der Waals surface area contributed by atoms with E-state index in [1.54, 1.807) is 6.26 Å². The molecule has 2 rings (SSSR count). The van der Waals surface area contributed by atoms with Crippen LogP contribution in [-0.2, 0) is 6.42 Å². The van der Waals surface area contributed by atoms with Crippen LogP contribution in [0.25, 0.3) is 0 Å². The van der Waals surface area contributed by atoms with Gasteiger partial charge in [-0.2, -0.15) is 0 Å². The van der Waals surface area contributed by atoms with Crippen molar-refractivity contribution < 1.29 is 9.21 Å². The molecule has 1 unspecified atom stereocenters. The largest absolute Gasteiger partial charge is 0.469 e. The Labute approximate surface area is 121 Å². The Bertz CT molecular complexity index is 538. The number of hydrogen-bond donors (Lipinski definition) is 2. The van der Waals surface area contributed by atoms with Crippen molar-refractivity contribution in [3.8, 4) is 0 Å². The number of nitrogens with one attached hydrogen (secondary N) is 2. The molecule has 1 atom stereocenters. The van der Waals surface area contributed by atoms with E-state index >= 15 is 0 Å². The van der Waals surface area contributed by atoms with Crippen molar-refractivity contribution in [3.63, 3.8) is 0 Å². The summed E-state index contributed by atoms with van der Waals surface area (Å²) in [6.07, 6.45) is 3.28. The highest BCUT2D eigenvalue weighted by Crippen LogP contribution is 2.15. The average molecular weight is 294 g/mol. The monoisotopic (exact) mass is 294 g/mol. The molecule has 0 saturated carbocycles. The van der Waals surface area contributed by atoms with Crippen LogP contribution in [0.5, 0.6) is 0 Å². The second-order valence-electron chi connectivity index (χ2n) is 4.50. The summed E-state index contributed by atoms with van der Waals surface area (Å²) in [5.41, 5.74) is 0. The molecule has 20 heavy (non-hydrogen) atoms. The van der Waals surface area contributed by atoms with Crippen molar-refractivity contribution in [1.29, 1.82) is 0 Å². The third-order valence-corrected chi connectivity index (χ3v) is 3.49. The summed E-state index contributed by atoms with van der Waals surface area (Å²) in [5.74, 6) is 0.645. The number of carbonyl (C=O) groups is 1. The number of amides is 1. The molecule has 0 radical (unpaired) electrons. The van der Waals surface area contributed by atoms with Crippen LogP contribution in [0.15, 0.2) is 22.8 Å². The van der Waals surface area contributed by atoms with E-state index in [0.29, 0.717) is 16.6 Å². The Balaban J connectivity index is 1.86. The molecule has 0 aliphatic rings. The van der Waals surface area contributed by atoms with Crippen molar-refractivity contribution in [2.75, 3.05) is 11.9 Å². The normalized spacial score (nSPS) is 12.1. The third kappa shape index (κ3) is 4.06. The molecule has 1 amide bonds. The molecule has 0 spiro atoms. The van der Waals surface area contributed by atoms with Crippen molar-refractivity contribution in [2.45, 2.75) is 32.7 Å². The predicted molar refractivity (Wildman–Crippen MR) is 78.0 cm³/mol. The van der Waals surface area contributed by atoms with Gasteiger partial charge in [-0.15, -0.1) is 10.2 Å². The molecule has 0 aromatic carbocycles. The fourth-order valence-corrected chi connectivity index (χ4v) is 2.36. The standard InChI is InChI=1S/C13H18N4O2S/c1-3-6-14-13-17-16-12(20-13)11(18)15-9(2)8-10-5-4-7-19-10/h4-5,7,9H,3,6,8H2,1-2H3,(H,14,17)(H,15,18). The van der Waals surface area contributed by atoms with Gasteiger partial charge in [0, 0.05) is 19.0 Å². The summed E-state index contributed by atoms with van der Waals surface area (Å²) in [4.78, 5) is 12.0. The van der Waals surface area contributed by atoms with E-state index in [4.69, 9.17) is 4.42 Å². The fourth-order valence-electron chi connectivity index (χ4n) is 1.69. The van der Waals surface area contributed by atoms with Crippen molar-refractivity contribution in [1.82, 2.24) is 15.5 Å². The van der Waals surface area contributed by atoms with Gasteiger partial charge in [0.2, 0.25) is 10.1 Å². The molecular weight excluding hydrogens is 276 g/mol. The summed E-state index contributed by atoms with van der Waals surface area (Å²) in [5, 5.41) is 14.9. The number of hydrogen-bond acceptors (Lipinski definition) is 6. The van der Waals surface area contributed by atoms with Crippen LogP contribution in [0, 0.1) is 0 Å². The maximum absolute atomic E-state index is 12.0. The SMILES string of the molecule is CCCNc1nnc(C(=O)NC(C)Cc2ccco2)s1. The van der Waals surface area contributed by atoms with Gasteiger partial charge in [0.05, 0.1) is 6.26 Å². The lowest BCUT2D eigenvalue weighted by Gasteiger charge is -2.10. The topological polar surface area (TPSA) is 80.0 Å². The Hall–Kier alpha value is -1.89. The van der Waals surface area contributed by atoms with E-state index < -0.39 is 0 Å². The summed E-state index contributed by atoms with van der Waals surface area (Å²) < 4.78 is 5.25. The van der Waals surface area contributed by atoms with E-state index in [2.05, 4.69) is 27.8 Å². The lowest BCUT2D eigenvalue weighted by atomic mass is 10.2. The molecule has 7 heteroatoms. The molecule has 108 valence electrons. The van der Waals surface area contributed by atoms with Gasteiger partial charge in [-0.25, -0.2) is 0 Å². The van der Waals surface area contributed by atoms with Gasteiger partial charge in [0.25, 0.3) is 5.91 Å². The van der Waals surface area contributed by atoms with Gasteiger partial charge in [0.1, 0.15) is 5.76 Å². The third-order valence-electron chi connectivity index (χ3n) is 2.61. The number of nitrogens with zero attached hydrogens (tertiary/aromatic N) is 2.